The van der Waals surface area contributed by atoms with E-state index < -0.39 is 0 Å². The van der Waals surface area contributed by atoms with Gasteiger partial charge in [0.2, 0.25) is 0 Å². The number of hydrogen-bond acceptors (Lipinski definition) is 3. The standard InChI is InChI=1S/C21H24N2OS/c1-2-3-9-14-23-19(15-10-5-4-6-11-15)22-20-18(21(23)24)16-12-7-8-13-17(16)25-20/h4-6,10-11H,2-3,7-9,12-14H2,1H3. The molecule has 1 aliphatic carbocycles. The van der Waals surface area contributed by atoms with Crippen molar-refractivity contribution < 1.29 is 0 Å². The van der Waals surface area contributed by atoms with Gasteiger partial charge in [-0.2, -0.15) is 0 Å². The maximum Gasteiger partial charge on any atom is 0.262 e. The minimum Gasteiger partial charge on any atom is -0.292 e. The second-order valence-corrected chi connectivity index (χ2v) is 7.94. The highest BCUT2D eigenvalue weighted by atomic mass is 32.1. The molecule has 2 heterocycles. The molecule has 1 aliphatic rings. The van der Waals surface area contributed by atoms with Crippen LogP contribution in [0.25, 0.3) is 21.6 Å². The highest BCUT2D eigenvalue weighted by molar-refractivity contribution is 7.18. The summed E-state index contributed by atoms with van der Waals surface area (Å²) in [6.07, 6.45) is 7.87. The van der Waals surface area contributed by atoms with Gasteiger partial charge >= 0.3 is 0 Å². The van der Waals surface area contributed by atoms with Gasteiger partial charge < -0.3 is 0 Å². The third kappa shape index (κ3) is 3.04. The number of hydrogen-bond donors (Lipinski definition) is 0. The first-order valence-electron chi connectivity index (χ1n) is 9.40. The fourth-order valence-corrected chi connectivity index (χ4v) is 5.03. The summed E-state index contributed by atoms with van der Waals surface area (Å²) >= 11 is 1.74. The molecular weight excluding hydrogens is 328 g/mol. The molecule has 25 heavy (non-hydrogen) atoms. The molecule has 0 unspecified atom stereocenters. The van der Waals surface area contributed by atoms with Crippen LogP contribution in [0.3, 0.4) is 0 Å². The number of aryl methyl sites for hydroxylation is 2. The number of fused-ring (bicyclic) bond motifs is 3. The molecule has 0 saturated carbocycles. The van der Waals surface area contributed by atoms with E-state index in [9.17, 15) is 4.79 Å². The molecule has 2 aromatic heterocycles. The highest BCUT2D eigenvalue weighted by Crippen LogP contribution is 2.34. The van der Waals surface area contributed by atoms with E-state index in [4.69, 9.17) is 4.98 Å². The van der Waals surface area contributed by atoms with Crippen LogP contribution in [0.5, 0.6) is 0 Å². The molecule has 0 saturated heterocycles. The van der Waals surface area contributed by atoms with Crippen molar-refractivity contribution in [3.63, 3.8) is 0 Å². The molecule has 3 aromatic rings. The van der Waals surface area contributed by atoms with Crippen LogP contribution in [0.15, 0.2) is 35.1 Å². The van der Waals surface area contributed by atoms with E-state index in [1.165, 1.54) is 23.3 Å². The van der Waals surface area contributed by atoms with Gasteiger partial charge in [-0.1, -0.05) is 50.1 Å². The molecule has 0 fully saturated rings. The molecule has 130 valence electrons. The second kappa shape index (κ2) is 7.12. The Morgan fingerprint density at radius 2 is 1.92 bits per heavy atom. The van der Waals surface area contributed by atoms with Gasteiger partial charge in [0.25, 0.3) is 5.56 Å². The lowest BCUT2D eigenvalue weighted by Gasteiger charge is -2.14. The number of thiophene rings is 1. The van der Waals surface area contributed by atoms with Crippen LogP contribution in [0.1, 0.15) is 49.5 Å². The number of rotatable bonds is 5. The molecular formula is C21H24N2OS. The Morgan fingerprint density at radius 1 is 1.12 bits per heavy atom. The molecule has 1 aromatic carbocycles. The first kappa shape index (κ1) is 16.5. The van der Waals surface area contributed by atoms with E-state index in [1.807, 2.05) is 22.8 Å². The molecule has 0 bridgehead atoms. The second-order valence-electron chi connectivity index (χ2n) is 6.86. The zero-order valence-electron chi connectivity index (χ0n) is 14.8. The zero-order valence-corrected chi connectivity index (χ0v) is 15.6. The monoisotopic (exact) mass is 352 g/mol. The Balaban J connectivity index is 1.93. The van der Waals surface area contributed by atoms with E-state index in [0.717, 1.165) is 60.3 Å². The lowest BCUT2D eigenvalue weighted by atomic mass is 9.97. The molecule has 0 N–H and O–H groups in total. The van der Waals surface area contributed by atoms with Crippen molar-refractivity contribution in [2.45, 2.75) is 58.4 Å². The normalized spacial score (nSPS) is 14.0. The van der Waals surface area contributed by atoms with Gasteiger partial charge in [0.05, 0.1) is 5.39 Å². The highest BCUT2D eigenvalue weighted by Gasteiger charge is 2.22. The van der Waals surface area contributed by atoms with Crippen molar-refractivity contribution in [2.24, 2.45) is 0 Å². The SMILES string of the molecule is CCCCCn1c(-c2ccccc2)nc2sc3c(c2c1=O)CCCC3. The summed E-state index contributed by atoms with van der Waals surface area (Å²) in [5, 5.41) is 0.899. The maximum atomic E-state index is 13.4. The van der Waals surface area contributed by atoms with Crippen molar-refractivity contribution in [3.05, 3.63) is 51.1 Å². The van der Waals surface area contributed by atoms with Crippen LogP contribution in [0, 0.1) is 0 Å². The predicted octanol–water partition coefficient (Wildman–Crippen LogP) is 5.19. The Labute approximate surface area is 152 Å². The lowest BCUT2D eigenvalue weighted by Crippen LogP contribution is -2.24. The lowest BCUT2D eigenvalue weighted by molar-refractivity contribution is 0.589. The summed E-state index contributed by atoms with van der Waals surface area (Å²) in [7, 11) is 0. The van der Waals surface area contributed by atoms with Crippen molar-refractivity contribution in [1.29, 1.82) is 0 Å². The Kier molecular flexibility index (Phi) is 4.71. The largest absolute Gasteiger partial charge is 0.292 e. The molecule has 0 atom stereocenters. The van der Waals surface area contributed by atoms with Gasteiger partial charge in [-0.25, -0.2) is 4.98 Å². The Morgan fingerprint density at radius 3 is 2.72 bits per heavy atom. The van der Waals surface area contributed by atoms with Crippen molar-refractivity contribution in [2.75, 3.05) is 0 Å². The predicted molar refractivity (Wildman–Crippen MR) is 105 cm³/mol. The summed E-state index contributed by atoms with van der Waals surface area (Å²) in [6, 6.07) is 10.1. The molecule has 4 rings (SSSR count). The van der Waals surface area contributed by atoms with Gasteiger partial charge in [0.1, 0.15) is 10.7 Å². The van der Waals surface area contributed by atoms with Crippen LogP contribution >= 0.6 is 11.3 Å². The van der Waals surface area contributed by atoms with Crippen LogP contribution < -0.4 is 5.56 Å². The molecule has 0 radical (unpaired) electrons. The van der Waals surface area contributed by atoms with Gasteiger partial charge in [0, 0.05) is 17.0 Å². The Hall–Kier alpha value is -1.94. The van der Waals surface area contributed by atoms with E-state index in [1.54, 1.807) is 11.3 Å². The maximum absolute atomic E-state index is 13.4. The molecule has 4 heteroatoms. The fourth-order valence-electron chi connectivity index (χ4n) is 3.77. The summed E-state index contributed by atoms with van der Waals surface area (Å²) in [5.74, 6) is 0.827. The van der Waals surface area contributed by atoms with Crippen molar-refractivity contribution in [3.8, 4) is 11.4 Å². The third-order valence-corrected chi connectivity index (χ3v) is 6.28. The van der Waals surface area contributed by atoms with E-state index in [-0.39, 0.29) is 5.56 Å². The molecule has 0 aliphatic heterocycles. The first-order chi connectivity index (χ1) is 12.3. The van der Waals surface area contributed by atoms with Crippen LogP contribution in [-0.4, -0.2) is 9.55 Å². The van der Waals surface area contributed by atoms with Gasteiger partial charge in [-0.05, 0) is 37.7 Å². The van der Waals surface area contributed by atoms with E-state index in [2.05, 4.69) is 19.1 Å². The van der Waals surface area contributed by atoms with Crippen LogP contribution in [-0.2, 0) is 19.4 Å². The van der Waals surface area contributed by atoms with E-state index >= 15 is 0 Å². The summed E-state index contributed by atoms with van der Waals surface area (Å²) in [4.78, 5) is 20.7. The van der Waals surface area contributed by atoms with Crippen LogP contribution in [0.2, 0.25) is 0 Å². The van der Waals surface area contributed by atoms with Gasteiger partial charge in [-0.3, -0.25) is 9.36 Å². The quantitative estimate of drug-likeness (QED) is 0.592. The van der Waals surface area contributed by atoms with E-state index in [0.29, 0.717) is 0 Å². The summed E-state index contributed by atoms with van der Waals surface area (Å²) in [5.41, 5.74) is 2.48. The number of nitrogens with zero attached hydrogens (tertiary/aromatic N) is 2. The number of unbranched alkanes of at least 4 members (excludes halogenated alkanes) is 2. The zero-order chi connectivity index (χ0) is 17.2. The van der Waals surface area contributed by atoms with Crippen LogP contribution in [0.4, 0.5) is 0 Å². The molecule has 0 amide bonds. The fraction of sp³-hybridized carbons (Fsp3) is 0.429. The first-order valence-corrected chi connectivity index (χ1v) is 10.2. The summed E-state index contributed by atoms with van der Waals surface area (Å²) < 4.78 is 1.93. The summed E-state index contributed by atoms with van der Waals surface area (Å²) in [6.45, 7) is 2.95. The average Bonchev–Trinajstić information content (AvgIpc) is 3.03. The molecule has 3 nitrogen and oxygen atoms in total. The Bertz CT molecular complexity index is 940. The van der Waals surface area contributed by atoms with Gasteiger partial charge in [-0.15, -0.1) is 11.3 Å². The third-order valence-electron chi connectivity index (χ3n) is 5.09. The number of benzene rings is 1. The molecule has 0 spiro atoms. The smallest absolute Gasteiger partial charge is 0.262 e. The van der Waals surface area contributed by atoms with Gasteiger partial charge in [0.15, 0.2) is 0 Å². The minimum atomic E-state index is 0.166. The minimum absolute atomic E-state index is 0.166. The topological polar surface area (TPSA) is 34.9 Å². The van der Waals surface area contributed by atoms with Crippen molar-refractivity contribution in [1.82, 2.24) is 9.55 Å². The average molecular weight is 353 g/mol. The number of aromatic nitrogens is 2. The van der Waals surface area contributed by atoms with Crippen molar-refractivity contribution >= 4 is 21.6 Å².